The highest BCUT2D eigenvalue weighted by Gasteiger charge is 2.27. The maximum atomic E-state index is 13.5. The summed E-state index contributed by atoms with van der Waals surface area (Å²) in [6.45, 7) is 7.54. The second kappa shape index (κ2) is 8.13. The molecule has 5 heteroatoms. The average Bonchev–Trinajstić information content (AvgIpc) is 3.35. The first-order valence-corrected chi connectivity index (χ1v) is 8.07. The van der Waals surface area contributed by atoms with Crippen molar-refractivity contribution in [2.45, 2.75) is 39.3 Å². The van der Waals surface area contributed by atoms with Crippen LogP contribution >= 0.6 is 0 Å². The Balaban J connectivity index is 1.73. The second-order valence-electron chi connectivity index (χ2n) is 5.80. The minimum atomic E-state index is -0.162. The molecule has 1 fully saturated rings. The number of aryl methyl sites for hydroxylation is 1. The molecule has 1 saturated carbocycles. The number of hydrogen-bond donors (Lipinski definition) is 2. The number of guanidine groups is 1. The molecular weight excluding hydrogens is 279 g/mol. The van der Waals surface area contributed by atoms with Gasteiger partial charge >= 0.3 is 0 Å². The van der Waals surface area contributed by atoms with Gasteiger partial charge in [-0.05, 0) is 43.5 Å². The molecule has 122 valence electrons. The van der Waals surface area contributed by atoms with E-state index in [2.05, 4.69) is 27.4 Å². The molecular formula is C17H27FN4. The first-order valence-electron chi connectivity index (χ1n) is 8.07. The second-order valence-corrected chi connectivity index (χ2v) is 5.80. The van der Waals surface area contributed by atoms with E-state index in [4.69, 9.17) is 0 Å². The lowest BCUT2D eigenvalue weighted by atomic mass is 10.1. The number of likely N-dealkylation sites (N-methyl/N-ethyl adjacent to an activating group) is 1. The zero-order valence-electron chi connectivity index (χ0n) is 13.8. The Hall–Kier alpha value is -1.62. The molecule has 0 atom stereocenters. The molecule has 4 nitrogen and oxygen atoms in total. The van der Waals surface area contributed by atoms with E-state index >= 15 is 0 Å². The first-order chi connectivity index (χ1) is 10.6. The van der Waals surface area contributed by atoms with Gasteiger partial charge in [0.2, 0.25) is 0 Å². The minimum absolute atomic E-state index is 0.162. The number of aliphatic imine (C=N–C) groups is 1. The lowest BCUT2D eigenvalue weighted by molar-refractivity contribution is 0.282. The van der Waals surface area contributed by atoms with Gasteiger partial charge in [-0.25, -0.2) is 4.39 Å². The Labute approximate surface area is 132 Å². The van der Waals surface area contributed by atoms with Crippen LogP contribution in [0.2, 0.25) is 0 Å². The Bertz CT molecular complexity index is 511. The molecule has 0 spiro atoms. The lowest BCUT2D eigenvalue weighted by Crippen LogP contribution is -2.41. The third-order valence-electron chi connectivity index (χ3n) is 4.08. The highest BCUT2D eigenvalue weighted by molar-refractivity contribution is 5.79. The number of benzene rings is 1. The molecule has 0 amide bonds. The van der Waals surface area contributed by atoms with Crippen molar-refractivity contribution < 1.29 is 4.39 Å². The van der Waals surface area contributed by atoms with Crippen molar-refractivity contribution in [3.8, 4) is 0 Å². The quantitative estimate of drug-likeness (QED) is 0.600. The first kappa shape index (κ1) is 16.7. The van der Waals surface area contributed by atoms with E-state index in [1.165, 1.54) is 12.8 Å². The summed E-state index contributed by atoms with van der Waals surface area (Å²) in [4.78, 5) is 6.70. The molecule has 1 aliphatic rings. The largest absolute Gasteiger partial charge is 0.355 e. The molecule has 22 heavy (non-hydrogen) atoms. The topological polar surface area (TPSA) is 39.7 Å². The van der Waals surface area contributed by atoms with Crippen LogP contribution in [0.15, 0.2) is 23.2 Å². The van der Waals surface area contributed by atoms with Crippen LogP contribution in [0.3, 0.4) is 0 Å². The van der Waals surface area contributed by atoms with Gasteiger partial charge in [-0.15, -0.1) is 0 Å². The molecule has 1 aromatic carbocycles. The lowest BCUT2D eigenvalue weighted by Gasteiger charge is -2.20. The summed E-state index contributed by atoms with van der Waals surface area (Å²) in [5.74, 6) is 0.595. The minimum Gasteiger partial charge on any atom is -0.355 e. The molecule has 0 aliphatic heterocycles. The highest BCUT2D eigenvalue weighted by Crippen LogP contribution is 2.25. The molecule has 0 saturated heterocycles. The Morgan fingerprint density at radius 1 is 1.36 bits per heavy atom. The Morgan fingerprint density at radius 2 is 2.14 bits per heavy atom. The molecule has 0 unspecified atom stereocenters. The van der Waals surface area contributed by atoms with E-state index in [-0.39, 0.29) is 5.82 Å². The molecule has 2 rings (SSSR count). The summed E-state index contributed by atoms with van der Waals surface area (Å²) in [7, 11) is 1.75. The summed E-state index contributed by atoms with van der Waals surface area (Å²) >= 11 is 0. The van der Waals surface area contributed by atoms with Gasteiger partial charge < -0.3 is 10.6 Å². The number of nitrogens with one attached hydrogen (secondary N) is 2. The fourth-order valence-corrected chi connectivity index (χ4v) is 2.51. The van der Waals surface area contributed by atoms with Crippen LogP contribution in [0.5, 0.6) is 0 Å². The molecule has 1 aliphatic carbocycles. The maximum Gasteiger partial charge on any atom is 0.191 e. The summed E-state index contributed by atoms with van der Waals surface area (Å²) in [5, 5.41) is 6.54. The van der Waals surface area contributed by atoms with E-state index in [1.807, 2.05) is 6.07 Å². The van der Waals surface area contributed by atoms with Gasteiger partial charge in [0.15, 0.2) is 5.96 Å². The van der Waals surface area contributed by atoms with Crippen LogP contribution < -0.4 is 10.6 Å². The van der Waals surface area contributed by atoms with Gasteiger partial charge in [0, 0.05) is 32.7 Å². The number of nitrogens with zero attached hydrogens (tertiary/aromatic N) is 2. The van der Waals surface area contributed by atoms with Crippen molar-refractivity contribution in [1.82, 2.24) is 15.5 Å². The average molecular weight is 306 g/mol. The third kappa shape index (κ3) is 4.98. The van der Waals surface area contributed by atoms with Crippen molar-refractivity contribution in [1.29, 1.82) is 0 Å². The molecule has 1 aromatic rings. The number of halogens is 1. The van der Waals surface area contributed by atoms with Gasteiger partial charge in [-0.2, -0.15) is 0 Å². The van der Waals surface area contributed by atoms with Gasteiger partial charge in [0.25, 0.3) is 0 Å². The Kier molecular flexibility index (Phi) is 6.19. The SMILES string of the molecule is CCN(CCNC(=NC)NCc1ccc(C)c(F)c1)C1CC1. The van der Waals surface area contributed by atoms with Gasteiger partial charge in [-0.1, -0.05) is 19.1 Å². The van der Waals surface area contributed by atoms with Crippen molar-refractivity contribution in [2.24, 2.45) is 4.99 Å². The third-order valence-corrected chi connectivity index (χ3v) is 4.08. The fourth-order valence-electron chi connectivity index (χ4n) is 2.51. The normalized spacial score (nSPS) is 15.2. The van der Waals surface area contributed by atoms with E-state index in [0.717, 1.165) is 37.2 Å². The Morgan fingerprint density at radius 3 is 2.73 bits per heavy atom. The van der Waals surface area contributed by atoms with Crippen molar-refractivity contribution in [3.05, 3.63) is 35.1 Å². The molecule has 0 bridgehead atoms. The van der Waals surface area contributed by atoms with E-state index in [1.54, 1.807) is 26.1 Å². The van der Waals surface area contributed by atoms with Gasteiger partial charge in [0.05, 0.1) is 0 Å². The monoisotopic (exact) mass is 306 g/mol. The van der Waals surface area contributed by atoms with Crippen LogP contribution in [0, 0.1) is 12.7 Å². The summed E-state index contributed by atoms with van der Waals surface area (Å²) < 4.78 is 13.5. The summed E-state index contributed by atoms with van der Waals surface area (Å²) in [5.41, 5.74) is 1.59. The zero-order chi connectivity index (χ0) is 15.9. The summed E-state index contributed by atoms with van der Waals surface area (Å²) in [6.07, 6.45) is 2.67. The van der Waals surface area contributed by atoms with Crippen molar-refractivity contribution >= 4 is 5.96 Å². The van der Waals surface area contributed by atoms with Crippen LogP contribution in [0.25, 0.3) is 0 Å². The van der Waals surface area contributed by atoms with Gasteiger partial charge in [0.1, 0.15) is 5.82 Å². The fraction of sp³-hybridized carbons (Fsp3) is 0.588. The van der Waals surface area contributed by atoms with E-state index in [9.17, 15) is 4.39 Å². The standard InChI is InChI=1S/C17H27FN4/c1-4-22(15-7-8-15)10-9-20-17(19-3)21-12-14-6-5-13(2)16(18)11-14/h5-6,11,15H,4,7-10,12H2,1-3H3,(H2,19,20,21). The molecule has 2 N–H and O–H groups in total. The molecule has 0 aromatic heterocycles. The number of hydrogen-bond acceptors (Lipinski definition) is 2. The summed E-state index contributed by atoms with van der Waals surface area (Å²) in [6, 6.07) is 6.10. The van der Waals surface area contributed by atoms with Crippen LogP contribution in [-0.2, 0) is 6.54 Å². The van der Waals surface area contributed by atoms with Crippen molar-refractivity contribution in [2.75, 3.05) is 26.7 Å². The number of rotatable bonds is 7. The van der Waals surface area contributed by atoms with E-state index in [0.29, 0.717) is 12.1 Å². The van der Waals surface area contributed by atoms with Crippen molar-refractivity contribution in [3.63, 3.8) is 0 Å². The van der Waals surface area contributed by atoms with Crippen LogP contribution in [0.1, 0.15) is 30.9 Å². The van der Waals surface area contributed by atoms with Crippen LogP contribution in [0.4, 0.5) is 4.39 Å². The predicted octanol–water partition coefficient (Wildman–Crippen LogP) is 2.28. The molecule has 0 heterocycles. The van der Waals surface area contributed by atoms with E-state index < -0.39 is 0 Å². The van der Waals surface area contributed by atoms with Gasteiger partial charge in [-0.3, -0.25) is 9.89 Å². The molecule has 0 radical (unpaired) electrons. The smallest absolute Gasteiger partial charge is 0.191 e. The zero-order valence-corrected chi connectivity index (χ0v) is 13.8. The highest BCUT2D eigenvalue weighted by atomic mass is 19.1. The maximum absolute atomic E-state index is 13.5. The van der Waals surface area contributed by atoms with Crippen LogP contribution in [-0.4, -0.2) is 43.6 Å². The predicted molar refractivity (Wildman–Crippen MR) is 89.6 cm³/mol.